The third-order valence-electron chi connectivity index (χ3n) is 3.93. The molecule has 0 radical (unpaired) electrons. The van der Waals surface area contributed by atoms with E-state index in [0.717, 1.165) is 0 Å². The number of rotatable bonds is 3. The van der Waals surface area contributed by atoms with Crippen molar-refractivity contribution in [2.24, 2.45) is 4.99 Å². The molecule has 1 aromatic carbocycles. The van der Waals surface area contributed by atoms with E-state index in [1.54, 1.807) is 29.2 Å². The van der Waals surface area contributed by atoms with Crippen LogP contribution in [-0.4, -0.2) is 49.4 Å². The molecular formula is C15H14ClN3O4S2. The Morgan fingerprint density at radius 1 is 1.52 bits per heavy atom. The van der Waals surface area contributed by atoms with Crippen LogP contribution in [0.4, 0.5) is 5.69 Å². The number of nitriles is 1. The highest BCUT2D eigenvalue weighted by atomic mass is 35.5. The summed E-state index contributed by atoms with van der Waals surface area (Å²) in [5.74, 6) is -0.0436. The van der Waals surface area contributed by atoms with Crippen LogP contribution in [0.3, 0.4) is 0 Å². The Morgan fingerprint density at radius 2 is 2.28 bits per heavy atom. The van der Waals surface area contributed by atoms with E-state index in [1.807, 2.05) is 0 Å². The summed E-state index contributed by atoms with van der Waals surface area (Å²) in [6.07, 6.45) is -0.325. The molecule has 1 amide bonds. The van der Waals surface area contributed by atoms with Crippen LogP contribution in [0.2, 0.25) is 5.02 Å². The van der Waals surface area contributed by atoms with Gasteiger partial charge in [-0.3, -0.25) is 4.79 Å². The summed E-state index contributed by atoms with van der Waals surface area (Å²) < 4.78 is 29.1. The quantitative estimate of drug-likeness (QED) is 0.764. The van der Waals surface area contributed by atoms with E-state index in [9.17, 15) is 13.2 Å². The fourth-order valence-corrected chi connectivity index (χ4v) is 7.07. The van der Waals surface area contributed by atoms with Crippen LogP contribution in [0.1, 0.15) is 6.42 Å². The number of amides is 1. The number of amidine groups is 1. The molecule has 0 aromatic heterocycles. The summed E-state index contributed by atoms with van der Waals surface area (Å²) in [7, 11) is -1.64. The molecule has 10 heteroatoms. The number of hydrogen-bond donors (Lipinski definition) is 0. The van der Waals surface area contributed by atoms with Crippen molar-refractivity contribution in [2.45, 2.75) is 17.7 Å². The minimum Gasteiger partial charge on any atom is -0.495 e. The Labute approximate surface area is 154 Å². The highest BCUT2D eigenvalue weighted by molar-refractivity contribution is 8.16. The third-order valence-corrected chi connectivity index (χ3v) is 7.44. The molecule has 0 bridgehead atoms. The Balaban J connectivity index is 2.02. The number of thioether (sulfide) groups is 1. The van der Waals surface area contributed by atoms with E-state index >= 15 is 0 Å². The van der Waals surface area contributed by atoms with E-state index < -0.39 is 15.7 Å². The first-order valence-corrected chi connectivity index (χ1v) is 10.4. The number of sulfone groups is 1. The highest BCUT2D eigenvalue weighted by Gasteiger charge is 2.49. The van der Waals surface area contributed by atoms with Gasteiger partial charge in [-0.25, -0.2) is 8.42 Å². The fraction of sp³-hybridized carbons (Fsp3) is 0.400. The van der Waals surface area contributed by atoms with Gasteiger partial charge < -0.3 is 9.64 Å². The standard InChI is InChI=1S/C15H14ClN3O4S2/c1-23-12-3-2-9(6-10(12)16)19-11-7-25(21,22)8-13(11)24-15(19)18-14(20)4-5-17/h2-3,6,11,13H,4,7-8H2,1H3/t11-,13-/m1/s1. The van der Waals surface area contributed by atoms with Crippen molar-refractivity contribution in [3.05, 3.63) is 23.2 Å². The molecule has 2 heterocycles. The van der Waals surface area contributed by atoms with E-state index in [-0.39, 0.29) is 29.2 Å². The smallest absolute Gasteiger partial charge is 0.262 e. The average molecular weight is 400 g/mol. The monoisotopic (exact) mass is 399 g/mol. The number of ether oxygens (including phenoxy) is 1. The molecule has 0 aliphatic carbocycles. The Bertz CT molecular complexity index is 895. The number of hydrogen-bond acceptors (Lipinski definition) is 6. The maximum Gasteiger partial charge on any atom is 0.262 e. The third kappa shape index (κ3) is 3.61. The zero-order valence-electron chi connectivity index (χ0n) is 13.2. The number of carbonyl (C=O) groups is 1. The molecule has 2 saturated heterocycles. The number of nitrogens with zero attached hydrogens (tertiary/aromatic N) is 3. The second-order valence-electron chi connectivity index (χ2n) is 5.61. The molecule has 3 rings (SSSR count). The first-order valence-electron chi connectivity index (χ1n) is 7.33. The second-order valence-corrected chi connectivity index (χ2v) is 9.38. The van der Waals surface area contributed by atoms with Crippen molar-refractivity contribution >= 4 is 50.0 Å². The van der Waals surface area contributed by atoms with Gasteiger partial charge in [0.25, 0.3) is 5.91 Å². The molecule has 2 aliphatic rings. The Kier molecular flexibility index (Phi) is 4.95. The first-order chi connectivity index (χ1) is 11.8. The van der Waals surface area contributed by atoms with Crippen molar-refractivity contribution < 1.29 is 17.9 Å². The number of aliphatic imine (C=N–C) groups is 1. The second kappa shape index (κ2) is 6.86. The van der Waals surface area contributed by atoms with Crippen molar-refractivity contribution in [2.75, 3.05) is 23.5 Å². The van der Waals surface area contributed by atoms with Gasteiger partial charge >= 0.3 is 0 Å². The van der Waals surface area contributed by atoms with Gasteiger partial charge in [0.05, 0.1) is 35.7 Å². The van der Waals surface area contributed by atoms with Gasteiger partial charge in [-0.05, 0) is 18.2 Å². The predicted octanol–water partition coefficient (Wildman–Crippen LogP) is 1.86. The summed E-state index contributed by atoms with van der Waals surface area (Å²) >= 11 is 7.43. The lowest BCUT2D eigenvalue weighted by atomic mass is 10.2. The average Bonchev–Trinajstić information content (AvgIpc) is 2.98. The van der Waals surface area contributed by atoms with Crippen LogP contribution in [0.25, 0.3) is 0 Å². The molecule has 25 heavy (non-hydrogen) atoms. The summed E-state index contributed by atoms with van der Waals surface area (Å²) in [5, 5.41) is 9.20. The normalized spacial score (nSPS) is 25.6. The lowest BCUT2D eigenvalue weighted by Crippen LogP contribution is -2.37. The van der Waals surface area contributed by atoms with Gasteiger partial charge in [0.15, 0.2) is 15.0 Å². The van der Waals surface area contributed by atoms with Gasteiger partial charge in [-0.1, -0.05) is 23.4 Å². The minimum atomic E-state index is -3.14. The fourth-order valence-electron chi connectivity index (χ4n) is 2.89. The van der Waals surface area contributed by atoms with E-state index in [0.29, 0.717) is 21.6 Å². The van der Waals surface area contributed by atoms with Crippen LogP contribution in [-0.2, 0) is 14.6 Å². The lowest BCUT2D eigenvalue weighted by molar-refractivity contribution is -0.116. The molecule has 0 unspecified atom stereocenters. The number of anilines is 1. The van der Waals surface area contributed by atoms with E-state index in [4.69, 9.17) is 21.6 Å². The number of carbonyl (C=O) groups excluding carboxylic acids is 1. The van der Waals surface area contributed by atoms with Crippen molar-refractivity contribution in [3.8, 4) is 11.8 Å². The van der Waals surface area contributed by atoms with Crippen LogP contribution >= 0.6 is 23.4 Å². The van der Waals surface area contributed by atoms with Gasteiger partial charge in [-0.2, -0.15) is 10.3 Å². The van der Waals surface area contributed by atoms with Gasteiger partial charge in [0.1, 0.15) is 12.2 Å². The molecule has 132 valence electrons. The van der Waals surface area contributed by atoms with Crippen LogP contribution in [0.15, 0.2) is 23.2 Å². The summed E-state index contributed by atoms with van der Waals surface area (Å²) in [4.78, 5) is 17.5. The Morgan fingerprint density at radius 3 is 2.92 bits per heavy atom. The maximum absolute atomic E-state index is 12.0. The van der Waals surface area contributed by atoms with Crippen LogP contribution < -0.4 is 9.64 Å². The molecule has 2 fully saturated rings. The zero-order chi connectivity index (χ0) is 18.2. The van der Waals surface area contributed by atoms with E-state index in [2.05, 4.69) is 4.99 Å². The van der Waals surface area contributed by atoms with Gasteiger partial charge in [0.2, 0.25) is 0 Å². The number of methoxy groups -OCH3 is 1. The lowest BCUT2D eigenvalue weighted by Gasteiger charge is -2.25. The van der Waals surface area contributed by atoms with Crippen LogP contribution in [0.5, 0.6) is 5.75 Å². The highest BCUT2D eigenvalue weighted by Crippen LogP contribution is 2.42. The molecule has 0 spiro atoms. The summed E-state index contributed by atoms with van der Waals surface area (Å²) in [5.41, 5.74) is 0.631. The number of fused-ring (bicyclic) bond motifs is 1. The molecule has 0 N–H and O–H groups in total. The Hall–Kier alpha value is -1.76. The van der Waals surface area contributed by atoms with Crippen LogP contribution in [0, 0.1) is 11.3 Å². The summed E-state index contributed by atoms with van der Waals surface area (Å²) in [6, 6.07) is 6.50. The van der Waals surface area contributed by atoms with Crippen molar-refractivity contribution in [1.82, 2.24) is 0 Å². The minimum absolute atomic E-state index is 0.0141. The van der Waals surface area contributed by atoms with Gasteiger partial charge in [0, 0.05) is 10.9 Å². The first kappa shape index (κ1) is 18.0. The number of halogens is 1. The largest absolute Gasteiger partial charge is 0.495 e. The molecule has 2 atom stereocenters. The molecule has 0 saturated carbocycles. The van der Waals surface area contributed by atoms with Crippen molar-refractivity contribution in [1.29, 1.82) is 5.26 Å². The predicted molar refractivity (Wildman–Crippen MR) is 97.0 cm³/mol. The summed E-state index contributed by atoms with van der Waals surface area (Å²) in [6.45, 7) is 0. The van der Waals surface area contributed by atoms with Crippen molar-refractivity contribution in [3.63, 3.8) is 0 Å². The zero-order valence-corrected chi connectivity index (χ0v) is 15.6. The van der Waals surface area contributed by atoms with Gasteiger partial charge in [-0.15, -0.1) is 0 Å². The van der Waals surface area contributed by atoms with E-state index in [1.165, 1.54) is 18.9 Å². The number of benzene rings is 1. The molecule has 7 nitrogen and oxygen atoms in total. The molecule has 2 aliphatic heterocycles. The maximum atomic E-state index is 12.0. The topological polar surface area (TPSA) is 99.8 Å². The molecule has 1 aromatic rings. The molecular weight excluding hydrogens is 386 g/mol. The SMILES string of the molecule is COc1ccc(N2C(=NC(=O)CC#N)S[C@@H]3CS(=O)(=O)C[C@H]32)cc1Cl.